The summed E-state index contributed by atoms with van der Waals surface area (Å²) >= 11 is 12.5. The fourth-order valence-electron chi connectivity index (χ4n) is 4.67. The molecule has 2 N–H and O–H groups in total. The molecule has 33 heavy (non-hydrogen) atoms. The monoisotopic (exact) mass is 487 g/mol. The van der Waals surface area contributed by atoms with E-state index in [1.165, 1.54) is 0 Å². The number of nitrogens with zero attached hydrogens (tertiary/aromatic N) is 1. The Bertz CT molecular complexity index is 1010. The van der Waals surface area contributed by atoms with Crippen molar-refractivity contribution < 1.29 is 9.59 Å². The fraction of sp³-hybridized carbons (Fsp3) is 0.462. The Morgan fingerprint density at radius 3 is 2.52 bits per heavy atom. The van der Waals surface area contributed by atoms with Crippen molar-refractivity contribution in [3.63, 3.8) is 0 Å². The number of benzene rings is 2. The maximum Gasteiger partial charge on any atom is 0.245 e. The van der Waals surface area contributed by atoms with Gasteiger partial charge in [0.05, 0.1) is 5.41 Å². The number of likely N-dealkylation sites (N-methyl/N-ethyl adjacent to an activating group) is 1. The van der Waals surface area contributed by atoms with Crippen LogP contribution >= 0.6 is 23.2 Å². The van der Waals surface area contributed by atoms with Crippen LogP contribution in [0.4, 0.5) is 0 Å². The molecule has 1 saturated heterocycles. The van der Waals surface area contributed by atoms with E-state index >= 15 is 0 Å². The van der Waals surface area contributed by atoms with Gasteiger partial charge in [-0.25, -0.2) is 0 Å². The van der Waals surface area contributed by atoms with E-state index < -0.39 is 11.5 Å². The molecule has 176 valence electrons. The van der Waals surface area contributed by atoms with Gasteiger partial charge in [-0.2, -0.15) is 0 Å². The van der Waals surface area contributed by atoms with Crippen LogP contribution in [-0.2, 0) is 21.4 Å². The second-order valence-corrected chi connectivity index (χ2v) is 10.2. The fourth-order valence-corrected chi connectivity index (χ4v) is 5.26. The molecule has 2 atom stereocenters. The van der Waals surface area contributed by atoms with Crippen LogP contribution < -0.4 is 10.6 Å². The lowest BCUT2D eigenvalue weighted by Gasteiger charge is -2.34. The summed E-state index contributed by atoms with van der Waals surface area (Å²) in [7, 11) is 1.84. The van der Waals surface area contributed by atoms with Crippen LogP contribution in [0, 0.1) is 6.92 Å². The Morgan fingerprint density at radius 1 is 1.18 bits per heavy atom. The molecule has 1 aliphatic carbocycles. The molecule has 2 aromatic carbocycles. The molecule has 1 aliphatic heterocycles. The molecular weight excluding hydrogens is 457 g/mol. The Hall–Kier alpha value is -2.08. The van der Waals surface area contributed by atoms with Crippen molar-refractivity contribution in [1.82, 2.24) is 15.5 Å². The number of aryl methyl sites for hydroxylation is 1. The van der Waals surface area contributed by atoms with Gasteiger partial charge in [0, 0.05) is 36.1 Å². The first-order valence-corrected chi connectivity index (χ1v) is 12.4. The lowest BCUT2D eigenvalue weighted by atomic mass is 9.93. The molecule has 1 heterocycles. The number of amides is 2. The molecule has 0 aromatic heterocycles. The van der Waals surface area contributed by atoms with Crippen LogP contribution in [0.3, 0.4) is 0 Å². The van der Waals surface area contributed by atoms with Crippen molar-refractivity contribution >= 4 is 35.0 Å². The zero-order valence-electron chi connectivity index (χ0n) is 19.2. The minimum atomic E-state index is -0.696. The third-order valence-corrected chi connectivity index (χ3v) is 7.51. The number of hydrogen-bond donors (Lipinski definition) is 2. The summed E-state index contributed by atoms with van der Waals surface area (Å²) in [5, 5.41) is 7.49. The molecule has 2 fully saturated rings. The average molecular weight is 488 g/mol. The summed E-state index contributed by atoms with van der Waals surface area (Å²) in [5.41, 5.74) is 2.25. The van der Waals surface area contributed by atoms with Crippen molar-refractivity contribution in [1.29, 1.82) is 0 Å². The molecule has 7 heteroatoms. The van der Waals surface area contributed by atoms with Gasteiger partial charge >= 0.3 is 0 Å². The van der Waals surface area contributed by atoms with Crippen LogP contribution in [0.2, 0.25) is 10.0 Å². The van der Waals surface area contributed by atoms with Gasteiger partial charge in [-0.3, -0.25) is 9.59 Å². The Labute approximate surface area is 205 Å². The van der Waals surface area contributed by atoms with Crippen molar-refractivity contribution in [2.24, 2.45) is 0 Å². The van der Waals surface area contributed by atoms with Gasteiger partial charge in [-0.15, -0.1) is 0 Å². The van der Waals surface area contributed by atoms with Gasteiger partial charge in [0.2, 0.25) is 11.8 Å². The number of hydrogen-bond acceptors (Lipinski definition) is 3. The third-order valence-electron chi connectivity index (χ3n) is 6.96. The summed E-state index contributed by atoms with van der Waals surface area (Å²) in [6, 6.07) is 12.8. The highest BCUT2D eigenvalue weighted by Crippen LogP contribution is 2.51. The SMILES string of the molecule is Cc1ccc(CC(NC(=O)C2(c3ccc(Cl)cc3Cl)CC2)C(=O)N(C)C2CCCNC2)cc1. The van der Waals surface area contributed by atoms with Crippen molar-refractivity contribution in [3.8, 4) is 0 Å². The van der Waals surface area contributed by atoms with Crippen LogP contribution in [0.1, 0.15) is 42.4 Å². The Kier molecular flexibility index (Phi) is 7.32. The number of rotatable bonds is 7. The Morgan fingerprint density at radius 2 is 1.91 bits per heavy atom. The topological polar surface area (TPSA) is 61.4 Å². The highest BCUT2D eigenvalue weighted by molar-refractivity contribution is 6.35. The van der Waals surface area contributed by atoms with Crippen LogP contribution in [-0.4, -0.2) is 48.9 Å². The Balaban J connectivity index is 1.56. The highest BCUT2D eigenvalue weighted by Gasteiger charge is 2.53. The minimum absolute atomic E-state index is 0.0596. The summed E-state index contributed by atoms with van der Waals surface area (Å²) in [6.07, 6.45) is 3.85. The summed E-state index contributed by atoms with van der Waals surface area (Å²) in [4.78, 5) is 28.9. The normalized spacial score (nSPS) is 20.1. The van der Waals surface area contributed by atoms with Crippen molar-refractivity contribution in [3.05, 3.63) is 69.2 Å². The van der Waals surface area contributed by atoms with E-state index in [0.717, 1.165) is 42.6 Å². The minimum Gasteiger partial charge on any atom is -0.343 e. The first-order valence-electron chi connectivity index (χ1n) is 11.6. The standard InChI is InChI=1S/C26H31Cl2N3O2/c1-17-5-7-18(8-6-17)14-23(24(32)31(2)20-4-3-13-29-16-20)30-25(33)26(11-12-26)21-10-9-19(27)15-22(21)28/h5-10,15,20,23,29H,3-4,11-14,16H2,1-2H3,(H,30,33). The number of nitrogens with one attached hydrogen (secondary N) is 2. The molecule has 2 aliphatic rings. The molecule has 2 amide bonds. The molecule has 0 spiro atoms. The van der Waals surface area contributed by atoms with Gasteiger partial charge in [-0.05, 0) is 62.4 Å². The van der Waals surface area contributed by atoms with E-state index in [1.54, 1.807) is 17.0 Å². The van der Waals surface area contributed by atoms with Gasteiger partial charge in [-0.1, -0.05) is 59.1 Å². The molecule has 2 unspecified atom stereocenters. The number of carbonyl (C=O) groups is 2. The van der Waals surface area contributed by atoms with E-state index in [2.05, 4.69) is 10.6 Å². The first-order chi connectivity index (χ1) is 15.8. The van der Waals surface area contributed by atoms with Gasteiger partial charge in [0.25, 0.3) is 0 Å². The average Bonchev–Trinajstić information content (AvgIpc) is 3.61. The highest BCUT2D eigenvalue weighted by atomic mass is 35.5. The largest absolute Gasteiger partial charge is 0.343 e. The zero-order chi connectivity index (χ0) is 23.6. The maximum absolute atomic E-state index is 13.6. The molecule has 0 radical (unpaired) electrons. The molecule has 5 nitrogen and oxygen atoms in total. The van der Waals surface area contributed by atoms with Crippen LogP contribution in [0.25, 0.3) is 0 Å². The first kappa shape index (κ1) is 24.1. The quantitative estimate of drug-likeness (QED) is 0.612. The lowest BCUT2D eigenvalue weighted by molar-refractivity contribution is -0.138. The maximum atomic E-state index is 13.6. The smallest absolute Gasteiger partial charge is 0.245 e. The zero-order valence-corrected chi connectivity index (χ0v) is 20.7. The molecule has 0 bridgehead atoms. The summed E-state index contributed by atoms with van der Waals surface area (Å²) < 4.78 is 0. The van der Waals surface area contributed by atoms with Gasteiger partial charge < -0.3 is 15.5 Å². The molecule has 4 rings (SSSR count). The molecule has 2 aromatic rings. The van der Waals surface area contributed by atoms with Crippen LogP contribution in [0.15, 0.2) is 42.5 Å². The van der Waals surface area contributed by atoms with Gasteiger partial charge in [0.15, 0.2) is 0 Å². The second-order valence-electron chi connectivity index (χ2n) is 9.37. The predicted molar refractivity (Wildman–Crippen MR) is 133 cm³/mol. The van der Waals surface area contributed by atoms with Crippen molar-refractivity contribution in [2.75, 3.05) is 20.1 Å². The van der Waals surface area contributed by atoms with E-state index in [0.29, 0.717) is 29.3 Å². The predicted octanol–water partition coefficient (Wildman–Crippen LogP) is 4.27. The third kappa shape index (κ3) is 5.37. The molecular formula is C26H31Cl2N3O2. The summed E-state index contributed by atoms with van der Waals surface area (Å²) in [5.74, 6) is -0.206. The van der Waals surface area contributed by atoms with E-state index in [1.807, 2.05) is 44.3 Å². The summed E-state index contributed by atoms with van der Waals surface area (Å²) in [6.45, 7) is 3.79. The number of piperidine rings is 1. The second kappa shape index (κ2) is 10.0. The number of halogens is 2. The van der Waals surface area contributed by atoms with E-state index in [-0.39, 0.29) is 17.9 Å². The van der Waals surface area contributed by atoms with E-state index in [9.17, 15) is 9.59 Å². The van der Waals surface area contributed by atoms with Crippen molar-refractivity contribution in [2.45, 2.75) is 56.5 Å². The van der Waals surface area contributed by atoms with Gasteiger partial charge in [0.1, 0.15) is 6.04 Å². The lowest BCUT2D eigenvalue weighted by Crippen LogP contribution is -2.55. The van der Waals surface area contributed by atoms with E-state index in [4.69, 9.17) is 23.2 Å². The van der Waals surface area contributed by atoms with Crippen LogP contribution in [0.5, 0.6) is 0 Å². The molecule has 1 saturated carbocycles. The number of carbonyl (C=O) groups excluding carboxylic acids is 2.